The highest BCUT2D eigenvalue weighted by Crippen LogP contribution is 2.28. The topological polar surface area (TPSA) is 70.7 Å². The first-order valence-electron chi connectivity index (χ1n) is 8.35. The van der Waals surface area contributed by atoms with Crippen LogP contribution in [-0.4, -0.2) is 26.3 Å². The summed E-state index contributed by atoms with van der Waals surface area (Å²) >= 11 is 7.21. The second kappa shape index (κ2) is 8.19. The third-order valence-corrected chi connectivity index (χ3v) is 5.58. The zero-order valence-electron chi connectivity index (χ0n) is 13.9. The van der Waals surface area contributed by atoms with Crippen molar-refractivity contribution in [1.82, 2.24) is 15.2 Å². The van der Waals surface area contributed by atoms with Crippen molar-refractivity contribution in [2.45, 2.75) is 49.4 Å². The molecule has 2 aromatic rings. The summed E-state index contributed by atoms with van der Waals surface area (Å²) in [6.07, 6.45) is 6.01. The molecule has 1 saturated carbocycles. The Morgan fingerprint density at radius 2 is 2.24 bits per heavy atom. The molecule has 0 spiro atoms. The van der Waals surface area contributed by atoms with Gasteiger partial charge in [0.25, 0.3) is 0 Å². The minimum atomic E-state index is -0.444. The monoisotopic (exact) mass is 382 g/mol. The van der Waals surface area contributed by atoms with E-state index in [4.69, 9.17) is 11.6 Å². The molecule has 5 nitrogen and oxygen atoms in total. The van der Waals surface area contributed by atoms with Crippen LogP contribution in [0.5, 0.6) is 0 Å². The number of nitrogens with zero attached hydrogens (tertiary/aromatic N) is 2. The lowest BCUT2D eigenvalue weighted by Crippen LogP contribution is -2.22. The predicted octanol–water partition coefficient (Wildman–Crippen LogP) is 4.45. The van der Waals surface area contributed by atoms with Gasteiger partial charge >= 0.3 is 0 Å². The second-order valence-corrected chi connectivity index (χ2v) is 8.01. The number of carbonyl (C=O) groups is 1. The van der Waals surface area contributed by atoms with E-state index in [1.165, 1.54) is 55.6 Å². The number of carbonyl (C=O) groups excluding carboxylic acids is 1. The molecule has 0 radical (unpaired) electrons. The normalized spacial score (nSPS) is 16.1. The average Bonchev–Trinajstić information content (AvgIpc) is 3.22. The lowest BCUT2D eigenvalue weighted by Gasteiger charge is -2.11. The van der Waals surface area contributed by atoms with Gasteiger partial charge in [-0.25, -0.2) is 9.37 Å². The number of hydrogen-bond acceptors (Lipinski definition) is 4. The van der Waals surface area contributed by atoms with Crippen LogP contribution in [0.25, 0.3) is 0 Å². The number of rotatable bonds is 6. The Hall–Kier alpha value is -1.60. The summed E-state index contributed by atoms with van der Waals surface area (Å²) in [5.41, 5.74) is 0.387. The van der Waals surface area contributed by atoms with Crippen molar-refractivity contribution in [2.75, 3.05) is 5.32 Å². The SMILES string of the molecule is CC(Sc1n[nH]c(CC2CCCC2)n1)C(=O)Nc1ccc(F)cc1Cl. The molecule has 1 aromatic heterocycles. The average molecular weight is 383 g/mol. The quantitative estimate of drug-likeness (QED) is 0.724. The summed E-state index contributed by atoms with van der Waals surface area (Å²) < 4.78 is 13.1. The fraction of sp³-hybridized carbons (Fsp3) is 0.471. The lowest BCUT2D eigenvalue weighted by atomic mass is 10.0. The zero-order valence-corrected chi connectivity index (χ0v) is 15.5. The minimum absolute atomic E-state index is 0.169. The molecule has 1 fully saturated rings. The van der Waals surface area contributed by atoms with Crippen LogP contribution in [0, 0.1) is 11.7 Å². The highest BCUT2D eigenvalue weighted by atomic mass is 35.5. The standard InChI is InChI=1S/C17H20ClFN4OS/c1-10(16(24)20-14-7-6-12(19)9-13(14)18)25-17-21-15(22-23-17)8-11-4-2-3-5-11/h6-7,9-11H,2-5,8H2,1H3,(H,20,24)(H,21,22,23). The molecule has 0 saturated heterocycles. The number of nitrogens with one attached hydrogen (secondary N) is 2. The highest BCUT2D eigenvalue weighted by Gasteiger charge is 2.20. The number of hydrogen-bond donors (Lipinski definition) is 2. The molecule has 1 aliphatic carbocycles. The van der Waals surface area contributed by atoms with Crippen LogP contribution in [0.1, 0.15) is 38.4 Å². The number of amides is 1. The van der Waals surface area contributed by atoms with Crippen LogP contribution in [0.3, 0.4) is 0 Å². The maximum Gasteiger partial charge on any atom is 0.237 e. The van der Waals surface area contributed by atoms with Crippen LogP contribution >= 0.6 is 23.4 Å². The van der Waals surface area contributed by atoms with E-state index in [0.717, 1.165) is 12.2 Å². The molecule has 3 rings (SSSR count). The van der Waals surface area contributed by atoms with Gasteiger partial charge in [-0.1, -0.05) is 49.0 Å². The molecule has 25 heavy (non-hydrogen) atoms. The molecule has 0 bridgehead atoms. The zero-order chi connectivity index (χ0) is 17.8. The molecule has 1 unspecified atom stereocenters. The summed E-state index contributed by atoms with van der Waals surface area (Å²) in [6.45, 7) is 1.77. The van der Waals surface area contributed by atoms with Gasteiger partial charge in [0.15, 0.2) is 0 Å². The summed E-state index contributed by atoms with van der Waals surface area (Å²) in [5.74, 6) is 0.886. The van der Waals surface area contributed by atoms with Crippen LogP contribution in [-0.2, 0) is 11.2 Å². The number of benzene rings is 1. The van der Waals surface area contributed by atoms with E-state index in [1.54, 1.807) is 6.92 Å². The molecule has 1 aliphatic rings. The van der Waals surface area contributed by atoms with Crippen LogP contribution in [0.4, 0.5) is 10.1 Å². The van der Waals surface area contributed by atoms with Crippen molar-refractivity contribution < 1.29 is 9.18 Å². The van der Waals surface area contributed by atoms with Crippen LogP contribution in [0.2, 0.25) is 5.02 Å². The van der Waals surface area contributed by atoms with Crippen molar-refractivity contribution in [1.29, 1.82) is 0 Å². The van der Waals surface area contributed by atoms with E-state index < -0.39 is 11.1 Å². The van der Waals surface area contributed by atoms with Crippen molar-refractivity contribution in [2.24, 2.45) is 5.92 Å². The minimum Gasteiger partial charge on any atom is -0.324 e. The molecule has 8 heteroatoms. The van der Waals surface area contributed by atoms with Gasteiger partial charge in [0.1, 0.15) is 11.6 Å². The van der Waals surface area contributed by atoms with Gasteiger partial charge in [0.05, 0.1) is 16.0 Å². The first kappa shape index (κ1) is 18.2. The fourth-order valence-electron chi connectivity index (χ4n) is 2.95. The summed E-state index contributed by atoms with van der Waals surface area (Å²) in [7, 11) is 0. The van der Waals surface area contributed by atoms with Crippen molar-refractivity contribution in [3.05, 3.63) is 34.9 Å². The van der Waals surface area contributed by atoms with Gasteiger partial charge in [-0.2, -0.15) is 0 Å². The Morgan fingerprint density at radius 3 is 2.96 bits per heavy atom. The highest BCUT2D eigenvalue weighted by molar-refractivity contribution is 8.00. The van der Waals surface area contributed by atoms with Gasteiger partial charge in [-0.3, -0.25) is 9.89 Å². The van der Waals surface area contributed by atoms with Crippen molar-refractivity contribution in [3.63, 3.8) is 0 Å². The molecular formula is C17H20ClFN4OS. The Bertz CT molecular complexity index is 748. The molecule has 1 amide bonds. The van der Waals surface area contributed by atoms with Gasteiger partial charge in [-0.05, 0) is 31.0 Å². The third-order valence-electron chi connectivity index (χ3n) is 4.31. The van der Waals surface area contributed by atoms with Gasteiger partial charge in [-0.15, -0.1) is 5.10 Å². The van der Waals surface area contributed by atoms with E-state index in [1.807, 2.05) is 0 Å². The smallest absolute Gasteiger partial charge is 0.237 e. The molecular weight excluding hydrogens is 363 g/mol. The molecule has 1 aromatic carbocycles. The van der Waals surface area contributed by atoms with E-state index in [0.29, 0.717) is 16.8 Å². The van der Waals surface area contributed by atoms with Gasteiger partial charge < -0.3 is 5.32 Å². The molecule has 1 heterocycles. The largest absolute Gasteiger partial charge is 0.324 e. The van der Waals surface area contributed by atoms with Crippen LogP contribution < -0.4 is 5.32 Å². The fourth-order valence-corrected chi connectivity index (χ4v) is 3.90. The maximum absolute atomic E-state index is 13.1. The first-order chi connectivity index (χ1) is 12.0. The predicted molar refractivity (Wildman–Crippen MR) is 97.4 cm³/mol. The number of H-pyrrole nitrogens is 1. The van der Waals surface area contributed by atoms with Gasteiger partial charge in [0, 0.05) is 6.42 Å². The van der Waals surface area contributed by atoms with E-state index in [2.05, 4.69) is 20.5 Å². The molecule has 2 N–H and O–H groups in total. The Balaban J connectivity index is 1.55. The second-order valence-electron chi connectivity index (χ2n) is 6.29. The number of anilines is 1. The number of aromatic nitrogens is 3. The Kier molecular flexibility index (Phi) is 5.96. The molecule has 1 atom stereocenters. The lowest BCUT2D eigenvalue weighted by molar-refractivity contribution is -0.115. The van der Waals surface area contributed by atoms with E-state index >= 15 is 0 Å². The number of halogens is 2. The Morgan fingerprint density at radius 1 is 1.48 bits per heavy atom. The molecule has 134 valence electrons. The summed E-state index contributed by atoms with van der Waals surface area (Å²) in [5, 5.41) is 10.2. The summed E-state index contributed by atoms with van der Waals surface area (Å²) in [4.78, 5) is 16.8. The van der Waals surface area contributed by atoms with E-state index in [-0.39, 0.29) is 10.9 Å². The van der Waals surface area contributed by atoms with Gasteiger partial charge in [0.2, 0.25) is 11.1 Å². The summed E-state index contributed by atoms with van der Waals surface area (Å²) in [6, 6.07) is 3.86. The van der Waals surface area contributed by atoms with Crippen molar-refractivity contribution >= 4 is 35.0 Å². The third kappa shape index (κ3) is 4.95. The van der Waals surface area contributed by atoms with Crippen LogP contribution in [0.15, 0.2) is 23.4 Å². The maximum atomic E-state index is 13.1. The Labute approximate surface area is 155 Å². The number of aromatic amines is 1. The number of thioether (sulfide) groups is 1. The first-order valence-corrected chi connectivity index (χ1v) is 9.61. The van der Waals surface area contributed by atoms with Crippen molar-refractivity contribution in [3.8, 4) is 0 Å². The van der Waals surface area contributed by atoms with E-state index in [9.17, 15) is 9.18 Å². The molecule has 0 aliphatic heterocycles.